The molecule has 0 fully saturated rings. The number of carbonyl (C=O) groups excluding carboxylic acids is 1. The lowest BCUT2D eigenvalue weighted by Gasteiger charge is -2.23. The van der Waals surface area contributed by atoms with Crippen LogP contribution in [0.5, 0.6) is 6.01 Å². The van der Waals surface area contributed by atoms with Crippen molar-refractivity contribution in [1.29, 1.82) is 0 Å². The number of aliphatic imine (C=N–C) groups is 1. The van der Waals surface area contributed by atoms with Crippen LogP contribution < -0.4 is 20.6 Å². The highest BCUT2D eigenvalue weighted by Gasteiger charge is 2.43. The number of imidazole rings is 1. The van der Waals surface area contributed by atoms with Crippen LogP contribution in [0.1, 0.15) is 38.5 Å². The van der Waals surface area contributed by atoms with Crippen molar-refractivity contribution in [3.63, 3.8) is 0 Å². The maximum atomic E-state index is 12.5. The summed E-state index contributed by atoms with van der Waals surface area (Å²) in [6, 6.07) is -0.431. The van der Waals surface area contributed by atoms with Crippen LogP contribution in [0.3, 0.4) is 0 Å². The number of nitrogens with one attached hydrogen (secondary N) is 1. The molecule has 9 nitrogen and oxygen atoms in total. The third-order valence-corrected chi connectivity index (χ3v) is 3.19. The Labute approximate surface area is 140 Å². The summed E-state index contributed by atoms with van der Waals surface area (Å²) in [6.45, 7) is 3.77. The van der Waals surface area contributed by atoms with Gasteiger partial charge < -0.3 is 25.4 Å². The van der Waals surface area contributed by atoms with Crippen molar-refractivity contribution in [3.8, 4) is 6.01 Å². The van der Waals surface area contributed by atoms with Gasteiger partial charge in [-0.15, -0.1) is 4.73 Å². The molecule has 2 rings (SSSR count). The van der Waals surface area contributed by atoms with Gasteiger partial charge in [0.2, 0.25) is 5.82 Å². The summed E-state index contributed by atoms with van der Waals surface area (Å²) in [6.07, 6.45) is -4.75. The van der Waals surface area contributed by atoms with Crippen molar-refractivity contribution in [2.45, 2.75) is 45.1 Å². The van der Waals surface area contributed by atoms with E-state index in [0.29, 0.717) is 4.73 Å². The van der Waals surface area contributed by atoms with Gasteiger partial charge in [-0.3, -0.25) is 0 Å². The van der Waals surface area contributed by atoms with Gasteiger partial charge in [0.1, 0.15) is 11.9 Å². The highest BCUT2D eigenvalue weighted by molar-refractivity contribution is 5.80. The van der Waals surface area contributed by atoms with E-state index in [1.807, 2.05) is 6.92 Å². The minimum absolute atomic E-state index is 0.0205. The molecule has 1 aliphatic heterocycles. The predicted molar refractivity (Wildman–Crippen MR) is 79.0 cm³/mol. The van der Waals surface area contributed by atoms with Crippen LogP contribution >= 0.6 is 0 Å². The fourth-order valence-corrected chi connectivity index (χ4v) is 2.10. The first-order valence-corrected chi connectivity index (χ1v) is 7.40. The Morgan fingerprint density at radius 3 is 2.72 bits per heavy atom. The number of hydrogen-bond donors (Lipinski definition) is 2. The highest BCUT2D eigenvalue weighted by atomic mass is 19.4. The summed E-state index contributed by atoms with van der Waals surface area (Å²) in [7, 11) is 1.15. The number of halogens is 3. The molecule has 1 aliphatic rings. The van der Waals surface area contributed by atoms with E-state index in [1.54, 1.807) is 6.92 Å². The Bertz CT molecular complexity index is 673. The van der Waals surface area contributed by atoms with Gasteiger partial charge in [0, 0.05) is 0 Å². The third kappa shape index (κ3) is 4.13. The zero-order chi connectivity index (χ0) is 18.8. The first-order valence-electron chi connectivity index (χ1n) is 7.40. The number of fused-ring (bicyclic) bond motifs is 1. The average Bonchev–Trinajstić information content (AvgIpc) is 2.85. The molecule has 140 valence electrons. The van der Waals surface area contributed by atoms with Crippen LogP contribution in [0, 0.1) is 0 Å². The van der Waals surface area contributed by atoms with Gasteiger partial charge in [-0.25, -0.2) is 4.79 Å². The summed E-state index contributed by atoms with van der Waals surface area (Å²) < 4.78 is 48.2. The van der Waals surface area contributed by atoms with Crippen molar-refractivity contribution in [2.75, 3.05) is 7.11 Å². The Morgan fingerprint density at radius 1 is 1.48 bits per heavy atom. The molecule has 0 bridgehead atoms. The topological polar surface area (TPSA) is 113 Å². The first-order chi connectivity index (χ1) is 11.7. The minimum atomic E-state index is -5.20. The lowest BCUT2D eigenvalue weighted by Crippen LogP contribution is -2.40. The molecule has 0 saturated heterocycles. The zero-order valence-electron chi connectivity index (χ0n) is 13.8. The molecule has 0 radical (unpaired) electrons. The predicted octanol–water partition coefficient (Wildman–Crippen LogP) is 1.16. The van der Waals surface area contributed by atoms with Gasteiger partial charge in [0.15, 0.2) is 0 Å². The van der Waals surface area contributed by atoms with Crippen molar-refractivity contribution in [2.24, 2.45) is 10.7 Å². The number of alkyl halides is 3. The average molecular weight is 365 g/mol. The van der Waals surface area contributed by atoms with Crippen molar-refractivity contribution >= 4 is 17.8 Å². The zero-order valence-corrected chi connectivity index (χ0v) is 13.8. The van der Waals surface area contributed by atoms with E-state index in [0.717, 1.165) is 20.0 Å². The van der Waals surface area contributed by atoms with Gasteiger partial charge in [-0.2, -0.15) is 23.1 Å². The first kappa shape index (κ1) is 18.8. The standard InChI is InChI=1S/C13H18F3N5O4/c1-4-5-6(2)24-11-19-8(17)7-9(20-11)21(12(18-7)23-3)25-10(22)13(14,15)16/h6,8H,4-5,17H2,1-3H3,(H,19,20)/t6-,8?/m1/s1. The van der Waals surface area contributed by atoms with Gasteiger partial charge in [0.25, 0.3) is 6.02 Å². The van der Waals surface area contributed by atoms with Crippen molar-refractivity contribution in [3.05, 3.63) is 5.69 Å². The molecule has 1 unspecified atom stereocenters. The van der Waals surface area contributed by atoms with Gasteiger partial charge in [-0.05, 0) is 13.3 Å². The number of amidine groups is 1. The molecule has 0 amide bonds. The van der Waals surface area contributed by atoms with Crippen LogP contribution in [0.2, 0.25) is 0 Å². The third-order valence-electron chi connectivity index (χ3n) is 3.19. The molecule has 0 spiro atoms. The Kier molecular flexibility index (Phi) is 5.40. The second-order valence-corrected chi connectivity index (χ2v) is 5.23. The number of aromatic nitrogens is 2. The Hall–Kier alpha value is -2.50. The fraction of sp³-hybridized carbons (Fsp3) is 0.615. The van der Waals surface area contributed by atoms with Crippen molar-refractivity contribution in [1.82, 2.24) is 15.0 Å². The number of carbonyl (C=O) groups is 1. The summed E-state index contributed by atoms with van der Waals surface area (Å²) >= 11 is 0. The number of hydrogen-bond acceptors (Lipinski definition) is 8. The molecular weight excluding hydrogens is 347 g/mol. The maximum Gasteiger partial charge on any atom is 0.493 e. The number of ether oxygens (including phenoxy) is 2. The molecule has 1 aromatic rings. The summed E-state index contributed by atoms with van der Waals surface area (Å²) in [4.78, 5) is 23.3. The second kappa shape index (κ2) is 7.17. The van der Waals surface area contributed by atoms with E-state index in [-0.39, 0.29) is 23.6 Å². The normalized spacial score (nSPS) is 17.9. The molecule has 1 aromatic heterocycles. The Balaban J connectivity index is 2.37. The molecule has 0 saturated carbocycles. The van der Waals surface area contributed by atoms with Crippen LogP contribution in [-0.4, -0.2) is 41.1 Å². The number of nitrogens with two attached hydrogens (primary N) is 1. The monoisotopic (exact) mass is 365 g/mol. The number of nitrogens with zero attached hydrogens (tertiary/aromatic N) is 3. The van der Waals surface area contributed by atoms with E-state index < -0.39 is 24.3 Å². The lowest BCUT2D eigenvalue weighted by atomic mass is 10.2. The fourth-order valence-electron chi connectivity index (χ4n) is 2.10. The van der Waals surface area contributed by atoms with E-state index in [2.05, 4.69) is 20.1 Å². The smallest absolute Gasteiger partial charge is 0.466 e. The van der Waals surface area contributed by atoms with E-state index in [1.165, 1.54) is 0 Å². The second-order valence-electron chi connectivity index (χ2n) is 5.23. The largest absolute Gasteiger partial charge is 0.493 e. The summed E-state index contributed by atoms with van der Waals surface area (Å²) in [5, 5.41) is 2.72. The van der Waals surface area contributed by atoms with E-state index >= 15 is 0 Å². The van der Waals surface area contributed by atoms with Gasteiger partial charge in [-0.1, -0.05) is 13.3 Å². The molecule has 2 atom stereocenters. The number of methoxy groups -OCH3 is 1. The van der Waals surface area contributed by atoms with Crippen molar-refractivity contribution < 1.29 is 32.3 Å². The van der Waals surface area contributed by atoms with Crippen LogP contribution in [-0.2, 0) is 9.53 Å². The van der Waals surface area contributed by atoms with Crippen LogP contribution in [0.25, 0.3) is 0 Å². The maximum absolute atomic E-state index is 12.5. The number of rotatable bonds is 5. The Morgan fingerprint density at radius 2 is 2.16 bits per heavy atom. The molecule has 0 aliphatic carbocycles. The van der Waals surface area contributed by atoms with Crippen LogP contribution in [0.15, 0.2) is 4.99 Å². The van der Waals surface area contributed by atoms with Gasteiger partial charge in [0.05, 0.1) is 13.2 Å². The van der Waals surface area contributed by atoms with E-state index in [4.69, 9.17) is 15.2 Å². The highest BCUT2D eigenvalue weighted by Crippen LogP contribution is 2.31. The SMILES string of the molecule is CCC[C@@H](C)OC1=Nc2c(nc(OC)n2OC(=O)C(F)(F)F)C(N)N1. The minimum Gasteiger partial charge on any atom is -0.466 e. The lowest BCUT2D eigenvalue weighted by molar-refractivity contribution is -0.200. The molecule has 0 aromatic carbocycles. The molecule has 12 heteroatoms. The van der Waals surface area contributed by atoms with E-state index in [9.17, 15) is 18.0 Å². The quantitative estimate of drug-likeness (QED) is 0.805. The molecule has 3 N–H and O–H groups in total. The molecular formula is C13H18F3N5O4. The van der Waals surface area contributed by atoms with Crippen LogP contribution in [0.4, 0.5) is 19.0 Å². The summed E-state index contributed by atoms with van der Waals surface area (Å²) in [5.41, 5.74) is 5.92. The molecule has 25 heavy (non-hydrogen) atoms. The summed E-state index contributed by atoms with van der Waals surface area (Å²) in [5.74, 6) is -2.67. The molecule has 2 heterocycles. The van der Waals surface area contributed by atoms with Gasteiger partial charge >= 0.3 is 18.2 Å².